The molecule has 0 aliphatic heterocycles. The molecule has 3 N–H and O–H groups in total. The Balaban J connectivity index is 1.37. The van der Waals surface area contributed by atoms with Gasteiger partial charge in [0.1, 0.15) is 6.04 Å². The minimum absolute atomic E-state index is 0.175. The summed E-state index contributed by atoms with van der Waals surface area (Å²) in [5.74, 6) is -0.615. The van der Waals surface area contributed by atoms with Crippen LogP contribution in [0, 0.1) is 11.3 Å². The van der Waals surface area contributed by atoms with E-state index in [0.717, 1.165) is 27.1 Å². The molecule has 0 saturated carbocycles. The summed E-state index contributed by atoms with van der Waals surface area (Å²) in [7, 11) is 1.67. The fraction of sp³-hybridized carbons (Fsp3) is 0.240. The Morgan fingerprint density at radius 3 is 2.64 bits per heavy atom. The van der Waals surface area contributed by atoms with Crippen LogP contribution in [0.2, 0.25) is 0 Å². The van der Waals surface area contributed by atoms with Gasteiger partial charge in [-0.15, -0.1) is 11.3 Å². The number of fused-ring (bicyclic) bond motifs is 1. The molecule has 0 saturated heterocycles. The van der Waals surface area contributed by atoms with E-state index in [4.69, 9.17) is 10.2 Å². The van der Waals surface area contributed by atoms with Crippen molar-refractivity contribution in [1.29, 1.82) is 5.26 Å². The number of nitrogens with one attached hydrogen (secondary N) is 1. The molecule has 0 aliphatic carbocycles. The molecule has 7 nitrogen and oxygen atoms in total. The van der Waals surface area contributed by atoms with Crippen molar-refractivity contribution < 1.29 is 9.21 Å². The Morgan fingerprint density at radius 1 is 1.18 bits per heavy atom. The predicted octanol–water partition coefficient (Wildman–Crippen LogP) is 3.37. The zero-order chi connectivity index (χ0) is 23.4. The Labute approximate surface area is 195 Å². The number of amides is 1. The van der Waals surface area contributed by atoms with E-state index in [1.165, 1.54) is 4.57 Å². The van der Waals surface area contributed by atoms with Crippen LogP contribution in [-0.2, 0) is 24.7 Å². The summed E-state index contributed by atoms with van der Waals surface area (Å²) < 4.78 is 6.65. The summed E-state index contributed by atoms with van der Waals surface area (Å²) in [6.07, 6.45) is 1.22. The quantitative estimate of drug-likeness (QED) is 0.418. The molecule has 168 valence electrons. The molecule has 33 heavy (non-hydrogen) atoms. The van der Waals surface area contributed by atoms with Crippen LogP contribution in [0.15, 0.2) is 69.2 Å². The first kappa shape index (κ1) is 22.5. The second kappa shape index (κ2) is 9.86. The molecule has 1 amide bonds. The molecule has 0 spiro atoms. The molecule has 8 heteroatoms. The lowest BCUT2D eigenvalue weighted by atomic mass is 10.0. The smallest absolute Gasteiger partial charge is 0.408 e. The van der Waals surface area contributed by atoms with Crippen LogP contribution >= 0.6 is 11.3 Å². The maximum Gasteiger partial charge on any atom is 0.419 e. The van der Waals surface area contributed by atoms with Crippen LogP contribution in [0.3, 0.4) is 0 Å². The highest BCUT2D eigenvalue weighted by molar-refractivity contribution is 7.09. The van der Waals surface area contributed by atoms with Crippen molar-refractivity contribution in [2.24, 2.45) is 12.8 Å². The molecule has 2 aromatic heterocycles. The summed E-state index contributed by atoms with van der Waals surface area (Å²) in [6.45, 7) is 0. The third kappa shape index (κ3) is 5.40. The van der Waals surface area contributed by atoms with Crippen LogP contribution in [-0.4, -0.2) is 22.6 Å². The van der Waals surface area contributed by atoms with Crippen LogP contribution in [0.25, 0.3) is 22.2 Å². The number of oxazole rings is 1. The summed E-state index contributed by atoms with van der Waals surface area (Å²) in [5, 5.41) is 14.3. The van der Waals surface area contributed by atoms with Gasteiger partial charge in [-0.05, 0) is 46.7 Å². The second-order valence-electron chi connectivity index (χ2n) is 8.01. The summed E-state index contributed by atoms with van der Waals surface area (Å²) in [4.78, 5) is 25.2. The number of rotatable bonds is 8. The van der Waals surface area contributed by atoms with Gasteiger partial charge in [0.25, 0.3) is 0 Å². The summed E-state index contributed by atoms with van der Waals surface area (Å²) >= 11 is 1.62. The number of nitrogens with zero attached hydrogens (tertiary/aromatic N) is 2. The number of aromatic nitrogens is 1. The van der Waals surface area contributed by atoms with Crippen molar-refractivity contribution >= 4 is 28.3 Å². The Bertz CT molecular complexity index is 1350. The highest BCUT2D eigenvalue weighted by Crippen LogP contribution is 2.24. The first-order chi connectivity index (χ1) is 15.9. The molecular formula is C25H24N4O3S. The molecule has 2 aromatic carbocycles. The van der Waals surface area contributed by atoms with Gasteiger partial charge in [-0.3, -0.25) is 9.36 Å². The molecule has 0 aliphatic rings. The number of carbonyl (C=O) groups excluding carboxylic acids is 1. The van der Waals surface area contributed by atoms with Gasteiger partial charge >= 0.3 is 5.76 Å². The van der Waals surface area contributed by atoms with Gasteiger partial charge < -0.3 is 15.5 Å². The third-order valence-electron chi connectivity index (χ3n) is 5.50. The van der Waals surface area contributed by atoms with E-state index in [9.17, 15) is 14.9 Å². The van der Waals surface area contributed by atoms with Crippen molar-refractivity contribution in [1.82, 2.24) is 9.88 Å². The van der Waals surface area contributed by atoms with Crippen molar-refractivity contribution in [2.45, 2.75) is 31.3 Å². The predicted molar refractivity (Wildman–Crippen MR) is 129 cm³/mol. The van der Waals surface area contributed by atoms with E-state index >= 15 is 0 Å². The minimum atomic E-state index is -0.630. The molecule has 2 atom stereocenters. The number of thiophene rings is 1. The van der Waals surface area contributed by atoms with Crippen molar-refractivity contribution in [3.63, 3.8) is 0 Å². The number of aryl methyl sites for hydroxylation is 1. The van der Waals surface area contributed by atoms with Gasteiger partial charge in [-0.25, -0.2) is 4.79 Å². The topological polar surface area (TPSA) is 114 Å². The molecule has 4 rings (SSSR count). The van der Waals surface area contributed by atoms with Crippen LogP contribution in [0.1, 0.15) is 16.9 Å². The van der Waals surface area contributed by atoms with Gasteiger partial charge in [0, 0.05) is 30.8 Å². The third-order valence-corrected chi connectivity index (χ3v) is 6.40. The number of nitrogens with two attached hydrogens (primary N) is 1. The van der Waals surface area contributed by atoms with Crippen molar-refractivity contribution in [3.8, 4) is 17.2 Å². The van der Waals surface area contributed by atoms with Gasteiger partial charge in [0.2, 0.25) is 5.91 Å². The van der Waals surface area contributed by atoms with E-state index < -0.39 is 11.8 Å². The van der Waals surface area contributed by atoms with Crippen LogP contribution in [0.5, 0.6) is 0 Å². The van der Waals surface area contributed by atoms with E-state index in [1.807, 2.05) is 53.9 Å². The SMILES string of the molecule is Cn1c(=O)oc2ccc(-c3ccc(C[C@@H](C#N)NC(=O)C[C@H](N)Cc4cccs4)cc3)cc21. The Hall–Kier alpha value is -3.67. The van der Waals surface area contributed by atoms with E-state index in [2.05, 4.69) is 11.4 Å². The second-order valence-corrected chi connectivity index (χ2v) is 9.04. The van der Waals surface area contributed by atoms with Crippen molar-refractivity contribution in [3.05, 3.63) is 81.0 Å². The maximum absolute atomic E-state index is 12.3. The number of carbonyl (C=O) groups is 1. The normalized spacial score (nSPS) is 12.9. The average molecular weight is 461 g/mol. The largest absolute Gasteiger partial charge is 0.419 e. The van der Waals surface area contributed by atoms with Gasteiger partial charge in [0.15, 0.2) is 5.58 Å². The fourth-order valence-corrected chi connectivity index (χ4v) is 4.55. The number of hydrogen-bond donors (Lipinski definition) is 2. The molecule has 0 radical (unpaired) electrons. The average Bonchev–Trinajstić information content (AvgIpc) is 3.41. The Morgan fingerprint density at radius 2 is 1.94 bits per heavy atom. The summed E-state index contributed by atoms with van der Waals surface area (Å²) in [6, 6.07) is 18.6. The standard InChI is InChI=1S/C25H24N4O3S/c1-29-22-12-18(8-9-23(22)32-25(29)31)17-6-4-16(5-7-17)11-20(15-26)28-24(30)14-19(27)13-21-3-2-10-33-21/h2-10,12,19-20H,11,13-14,27H2,1H3,(H,28,30)/t19-,20+/m1/s1. The summed E-state index contributed by atoms with van der Waals surface area (Å²) in [5.41, 5.74) is 10.2. The molecule has 4 aromatic rings. The highest BCUT2D eigenvalue weighted by Gasteiger charge is 2.16. The number of hydrogen-bond acceptors (Lipinski definition) is 6. The van der Waals surface area contributed by atoms with E-state index in [0.29, 0.717) is 18.4 Å². The Kier molecular flexibility index (Phi) is 6.73. The monoisotopic (exact) mass is 460 g/mol. The lowest BCUT2D eigenvalue weighted by molar-refractivity contribution is -0.121. The number of nitriles is 1. The molecule has 2 heterocycles. The molecule has 0 bridgehead atoms. The molecular weight excluding hydrogens is 436 g/mol. The van der Waals surface area contributed by atoms with Gasteiger partial charge in [-0.1, -0.05) is 36.4 Å². The van der Waals surface area contributed by atoms with E-state index in [-0.39, 0.29) is 18.4 Å². The zero-order valence-electron chi connectivity index (χ0n) is 18.2. The van der Waals surface area contributed by atoms with E-state index in [1.54, 1.807) is 24.5 Å². The van der Waals surface area contributed by atoms with Crippen LogP contribution < -0.4 is 16.8 Å². The lowest BCUT2D eigenvalue weighted by Crippen LogP contribution is -2.39. The molecule has 0 unspecified atom stereocenters. The first-order valence-electron chi connectivity index (χ1n) is 10.6. The highest BCUT2D eigenvalue weighted by atomic mass is 32.1. The zero-order valence-corrected chi connectivity index (χ0v) is 19.0. The number of benzene rings is 2. The first-order valence-corrected chi connectivity index (χ1v) is 11.5. The van der Waals surface area contributed by atoms with Gasteiger partial charge in [-0.2, -0.15) is 5.26 Å². The minimum Gasteiger partial charge on any atom is -0.408 e. The van der Waals surface area contributed by atoms with Crippen molar-refractivity contribution in [2.75, 3.05) is 0 Å². The maximum atomic E-state index is 12.3. The molecule has 0 fully saturated rings. The lowest BCUT2D eigenvalue weighted by Gasteiger charge is -2.15. The fourth-order valence-electron chi connectivity index (χ4n) is 3.75. The van der Waals surface area contributed by atoms with Crippen LogP contribution in [0.4, 0.5) is 0 Å². The van der Waals surface area contributed by atoms with Gasteiger partial charge in [0.05, 0.1) is 11.6 Å².